The largest absolute Gasteiger partial charge is 0.396 e. The van der Waals surface area contributed by atoms with Crippen molar-refractivity contribution in [2.45, 2.75) is 39.5 Å². The Morgan fingerprint density at radius 2 is 2.00 bits per heavy atom. The van der Waals surface area contributed by atoms with Crippen LogP contribution >= 0.6 is 0 Å². The van der Waals surface area contributed by atoms with Crippen LogP contribution in [0.5, 0.6) is 0 Å². The SMILES string of the molecule is CCC(C)(CO)CNCCCN1CCCC1. The second kappa shape index (κ2) is 7.25. The fraction of sp³-hybridized carbons (Fsp3) is 1.00. The first-order valence-corrected chi connectivity index (χ1v) is 6.74. The number of aliphatic hydroxyl groups is 1. The maximum Gasteiger partial charge on any atom is 0.0496 e. The third-order valence-electron chi connectivity index (χ3n) is 3.81. The molecular weight excluding hydrogens is 200 g/mol. The minimum absolute atomic E-state index is 0.0631. The van der Waals surface area contributed by atoms with Crippen molar-refractivity contribution in [1.82, 2.24) is 10.2 Å². The topological polar surface area (TPSA) is 35.5 Å². The molecule has 0 saturated carbocycles. The average Bonchev–Trinajstić information content (AvgIpc) is 2.81. The number of aliphatic hydroxyl groups excluding tert-OH is 1. The number of hydrogen-bond acceptors (Lipinski definition) is 3. The molecule has 3 heteroatoms. The quantitative estimate of drug-likeness (QED) is 0.618. The molecule has 1 rings (SSSR count). The van der Waals surface area contributed by atoms with Crippen LogP contribution in [0.4, 0.5) is 0 Å². The lowest BCUT2D eigenvalue weighted by Crippen LogP contribution is -2.35. The van der Waals surface area contributed by atoms with Gasteiger partial charge in [-0.25, -0.2) is 0 Å². The molecule has 0 amide bonds. The highest BCUT2D eigenvalue weighted by atomic mass is 16.3. The van der Waals surface area contributed by atoms with Crippen molar-refractivity contribution in [1.29, 1.82) is 0 Å². The maximum absolute atomic E-state index is 9.27. The van der Waals surface area contributed by atoms with E-state index in [2.05, 4.69) is 24.1 Å². The Kier molecular flexibility index (Phi) is 6.32. The van der Waals surface area contributed by atoms with Crippen molar-refractivity contribution < 1.29 is 5.11 Å². The molecule has 1 heterocycles. The lowest BCUT2D eigenvalue weighted by atomic mass is 9.89. The van der Waals surface area contributed by atoms with Gasteiger partial charge in [0.1, 0.15) is 0 Å². The highest BCUT2D eigenvalue weighted by Gasteiger charge is 2.19. The minimum atomic E-state index is 0.0631. The van der Waals surface area contributed by atoms with Gasteiger partial charge in [-0.05, 0) is 51.9 Å². The van der Waals surface area contributed by atoms with Gasteiger partial charge in [0.05, 0.1) is 0 Å². The van der Waals surface area contributed by atoms with Gasteiger partial charge in [0.15, 0.2) is 0 Å². The standard InChI is InChI=1S/C13H28N2O/c1-3-13(2,12-16)11-14-7-6-10-15-8-4-5-9-15/h14,16H,3-12H2,1-2H3. The summed E-state index contributed by atoms with van der Waals surface area (Å²) >= 11 is 0. The smallest absolute Gasteiger partial charge is 0.0496 e. The van der Waals surface area contributed by atoms with E-state index in [-0.39, 0.29) is 12.0 Å². The van der Waals surface area contributed by atoms with Crippen molar-refractivity contribution in [2.24, 2.45) is 5.41 Å². The first-order valence-electron chi connectivity index (χ1n) is 6.74. The first-order chi connectivity index (χ1) is 7.70. The highest BCUT2D eigenvalue weighted by molar-refractivity contribution is 4.74. The molecule has 2 N–H and O–H groups in total. The number of rotatable bonds is 8. The van der Waals surface area contributed by atoms with Gasteiger partial charge >= 0.3 is 0 Å². The molecular formula is C13H28N2O. The molecule has 1 unspecified atom stereocenters. The molecule has 1 fully saturated rings. The predicted molar refractivity (Wildman–Crippen MR) is 68.6 cm³/mol. The summed E-state index contributed by atoms with van der Waals surface area (Å²) in [5.74, 6) is 0. The molecule has 0 aromatic rings. The van der Waals surface area contributed by atoms with Crippen molar-refractivity contribution in [2.75, 3.05) is 39.3 Å². The van der Waals surface area contributed by atoms with Crippen LogP contribution in [-0.4, -0.2) is 49.3 Å². The molecule has 1 aliphatic rings. The normalized spacial score (nSPS) is 21.2. The van der Waals surface area contributed by atoms with Gasteiger partial charge in [-0.3, -0.25) is 0 Å². The monoisotopic (exact) mass is 228 g/mol. The third-order valence-corrected chi connectivity index (χ3v) is 3.81. The van der Waals surface area contributed by atoms with Crippen molar-refractivity contribution in [3.05, 3.63) is 0 Å². The summed E-state index contributed by atoms with van der Waals surface area (Å²) in [5, 5.41) is 12.7. The zero-order valence-electron chi connectivity index (χ0n) is 11.0. The van der Waals surface area contributed by atoms with Gasteiger partial charge < -0.3 is 15.3 Å². The number of likely N-dealkylation sites (tertiary alicyclic amines) is 1. The van der Waals surface area contributed by atoms with Crippen LogP contribution in [-0.2, 0) is 0 Å². The van der Waals surface area contributed by atoms with Crippen LogP contribution in [0.3, 0.4) is 0 Å². The zero-order valence-corrected chi connectivity index (χ0v) is 11.0. The molecule has 0 spiro atoms. The summed E-state index contributed by atoms with van der Waals surface area (Å²) in [6.45, 7) is 10.4. The van der Waals surface area contributed by atoms with Gasteiger partial charge in [-0.2, -0.15) is 0 Å². The van der Waals surface area contributed by atoms with Gasteiger partial charge in [-0.1, -0.05) is 13.8 Å². The molecule has 96 valence electrons. The molecule has 16 heavy (non-hydrogen) atoms. The molecule has 1 atom stereocenters. The Bertz CT molecular complexity index is 175. The Labute approximate surface area is 100 Å². The first kappa shape index (κ1) is 13.9. The summed E-state index contributed by atoms with van der Waals surface area (Å²) in [5.41, 5.74) is 0.0631. The number of nitrogens with one attached hydrogen (secondary N) is 1. The summed E-state index contributed by atoms with van der Waals surface area (Å²) < 4.78 is 0. The second-order valence-electron chi connectivity index (χ2n) is 5.40. The molecule has 0 radical (unpaired) electrons. The lowest BCUT2D eigenvalue weighted by Gasteiger charge is -2.26. The Morgan fingerprint density at radius 1 is 1.31 bits per heavy atom. The average molecular weight is 228 g/mol. The van der Waals surface area contributed by atoms with Crippen molar-refractivity contribution in [3.63, 3.8) is 0 Å². The molecule has 0 bridgehead atoms. The van der Waals surface area contributed by atoms with Crippen LogP contribution in [0.1, 0.15) is 39.5 Å². The van der Waals surface area contributed by atoms with E-state index >= 15 is 0 Å². The summed E-state index contributed by atoms with van der Waals surface area (Å²) in [4.78, 5) is 2.55. The molecule has 1 aliphatic heterocycles. The minimum Gasteiger partial charge on any atom is -0.396 e. The van der Waals surface area contributed by atoms with E-state index in [0.29, 0.717) is 0 Å². The van der Waals surface area contributed by atoms with Crippen LogP contribution in [0.15, 0.2) is 0 Å². The fourth-order valence-corrected chi connectivity index (χ4v) is 2.12. The molecule has 0 aromatic heterocycles. The van der Waals surface area contributed by atoms with Gasteiger partial charge in [0, 0.05) is 18.6 Å². The Balaban J connectivity index is 1.98. The molecule has 3 nitrogen and oxygen atoms in total. The van der Waals surface area contributed by atoms with Gasteiger partial charge in [-0.15, -0.1) is 0 Å². The maximum atomic E-state index is 9.27. The Hall–Kier alpha value is -0.120. The number of nitrogens with zero attached hydrogens (tertiary/aromatic N) is 1. The second-order valence-corrected chi connectivity index (χ2v) is 5.40. The van der Waals surface area contributed by atoms with Crippen LogP contribution in [0.2, 0.25) is 0 Å². The van der Waals surface area contributed by atoms with Crippen molar-refractivity contribution in [3.8, 4) is 0 Å². The summed E-state index contributed by atoms with van der Waals surface area (Å²) in [6, 6.07) is 0. The third kappa shape index (κ3) is 4.81. The lowest BCUT2D eigenvalue weighted by molar-refractivity contribution is 0.135. The zero-order chi connectivity index (χ0) is 11.9. The van der Waals surface area contributed by atoms with Crippen molar-refractivity contribution >= 4 is 0 Å². The fourth-order valence-electron chi connectivity index (χ4n) is 2.12. The van der Waals surface area contributed by atoms with Crippen LogP contribution in [0.25, 0.3) is 0 Å². The van der Waals surface area contributed by atoms with Crippen LogP contribution in [0, 0.1) is 5.41 Å². The highest BCUT2D eigenvalue weighted by Crippen LogP contribution is 2.18. The number of hydrogen-bond donors (Lipinski definition) is 2. The van der Waals surface area contributed by atoms with E-state index in [1.807, 2.05) is 0 Å². The van der Waals surface area contributed by atoms with E-state index < -0.39 is 0 Å². The van der Waals surface area contributed by atoms with E-state index in [4.69, 9.17) is 0 Å². The van der Waals surface area contributed by atoms with Gasteiger partial charge in [0.2, 0.25) is 0 Å². The summed E-state index contributed by atoms with van der Waals surface area (Å²) in [7, 11) is 0. The van der Waals surface area contributed by atoms with E-state index in [1.165, 1.54) is 38.9 Å². The van der Waals surface area contributed by atoms with E-state index in [1.54, 1.807) is 0 Å². The molecule has 0 aromatic carbocycles. The predicted octanol–water partition coefficient (Wildman–Crippen LogP) is 1.47. The summed E-state index contributed by atoms with van der Waals surface area (Å²) in [6.07, 6.45) is 5.02. The molecule has 0 aliphatic carbocycles. The van der Waals surface area contributed by atoms with E-state index in [0.717, 1.165) is 19.5 Å². The van der Waals surface area contributed by atoms with E-state index in [9.17, 15) is 5.11 Å². The van der Waals surface area contributed by atoms with Gasteiger partial charge in [0.25, 0.3) is 0 Å². The molecule has 1 saturated heterocycles. The van der Waals surface area contributed by atoms with Crippen LogP contribution < -0.4 is 5.32 Å². The Morgan fingerprint density at radius 3 is 2.56 bits per heavy atom.